The molecule has 6 fully saturated rings. The first kappa shape index (κ1) is 43.8. The molecule has 0 amide bonds. The molecule has 20 atom stereocenters. The predicted octanol–water partition coefficient (Wildman–Crippen LogP) is 2.15. The minimum absolute atomic E-state index is 0.00798. The Morgan fingerprint density at radius 2 is 1.33 bits per heavy atom. The van der Waals surface area contributed by atoms with Gasteiger partial charge in [-0.05, 0) is 124 Å². The molecule has 6 aliphatic rings. The predicted molar refractivity (Wildman–Crippen MR) is 201 cm³/mol. The lowest BCUT2D eigenvalue weighted by Crippen LogP contribution is -2.68. The third-order valence-corrected chi connectivity index (χ3v) is 16.6. The summed E-state index contributed by atoms with van der Waals surface area (Å²) in [4.78, 5) is 0. The van der Waals surface area contributed by atoms with E-state index < -0.39 is 97.8 Å². The molecule has 0 bridgehead atoms. The van der Waals surface area contributed by atoms with Gasteiger partial charge in [0.25, 0.3) is 0 Å². The first-order valence-electron chi connectivity index (χ1n) is 20.9. The van der Waals surface area contributed by atoms with E-state index in [1.807, 2.05) is 6.92 Å². The van der Waals surface area contributed by atoms with Crippen molar-refractivity contribution in [2.75, 3.05) is 13.2 Å². The second-order valence-electron chi connectivity index (χ2n) is 20.1. The minimum atomic E-state index is -1.75. The standard InChI is InChI=1S/C42H72O13/c1-21(2)10-9-14-42(8,51)22-11-16-41(7)29(22)23(45)18-27-39(5)15-13-28(38(3,4)26(39)12-17-40(27,41)6)54-37-35(33(49)31(47)25(20-44)53-37)55-36-34(50)32(48)30(46)24(19-43)52-36/h10,22-37,43-51H,9,11-20H2,1-8H3/t22-,23+,24+,25+,26-,27+,28+,29-,30+,31+,32-,33-,34+,35+,36-,37-,39-,40+,41+,42-/m0/s1. The summed E-state index contributed by atoms with van der Waals surface area (Å²) in [6.07, 6.45) is -6.48. The second kappa shape index (κ2) is 15.7. The van der Waals surface area contributed by atoms with Gasteiger partial charge in [-0.2, -0.15) is 0 Å². The van der Waals surface area contributed by atoms with Crippen molar-refractivity contribution in [1.82, 2.24) is 0 Å². The molecule has 2 aliphatic heterocycles. The van der Waals surface area contributed by atoms with Crippen molar-refractivity contribution in [3.63, 3.8) is 0 Å². The number of ether oxygens (including phenoxy) is 4. The number of allylic oxidation sites excluding steroid dienone is 2. The molecule has 0 spiro atoms. The van der Waals surface area contributed by atoms with Crippen LogP contribution < -0.4 is 0 Å². The highest BCUT2D eigenvalue weighted by Gasteiger charge is 2.71. The normalized spacial score (nSPS) is 52.0. The highest BCUT2D eigenvalue weighted by Crippen LogP contribution is 2.76. The Morgan fingerprint density at radius 1 is 0.727 bits per heavy atom. The van der Waals surface area contributed by atoms with Crippen LogP contribution in [0.15, 0.2) is 11.6 Å². The van der Waals surface area contributed by atoms with Crippen molar-refractivity contribution in [2.24, 2.45) is 45.3 Å². The van der Waals surface area contributed by atoms with Gasteiger partial charge in [0, 0.05) is 0 Å². The lowest BCUT2D eigenvalue weighted by Gasteiger charge is -2.70. The van der Waals surface area contributed by atoms with Crippen LogP contribution in [0.1, 0.15) is 113 Å². The Labute approximate surface area is 327 Å². The molecule has 9 N–H and O–H groups in total. The molecule has 4 aliphatic carbocycles. The summed E-state index contributed by atoms with van der Waals surface area (Å²) >= 11 is 0. The maximum Gasteiger partial charge on any atom is 0.187 e. The van der Waals surface area contributed by atoms with E-state index in [0.717, 1.165) is 38.5 Å². The van der Waals surface area contributed by atoms with Gasteiger partial charge < -0.3 is 64.9 Å². The Hall–Kier alpha value is -0.780. The Kier molecular flexibility index (Phi) is 12.5. The fourth-order valence-electron chi connectivity index (χ4n) is 13.3. The van der Waals surface area contributed by atoms with Crippen molar-refractivity contribution in [2.45, 2.75) is 192 Å². The number of rotatable bonds is 10. The largest absolute Gasteiger partial charge is 0.394 e. The molecule has 0 aromatic heterocycles. The molecule has 55 heavy (non-hydrogen) atoms. The summed E-state index contributed by atoms with van der Waals surface area (Å²) in [6, 6.07) is 0. The summed E-state index contributed by atoms with van der Waals surface area (Å²) in [7, 11) is 0. The number of fused-ring (bicyclic) bond motifs is 5. The van der Waals surface area contributed by atoms with Gasteiger partial charge in [0.05, 0.1) is 31.0 Å². The molecule has 6 rings (SSSR count). The molecule has 0 aromatic rings. The van der Waals surface area contributed by atoms with E-state index in [1.165, 1.54) is 5.57 Å². The van der Waals surface area contributed by atoms with Crippen LogP contribution in [-0.4, -0.2) is 138 Å². The second-order valence-corrected chi connectivity index (χ2v) is 20.1. The van der Waals surface area contributed by atoms with Crippen molar-refractivity contribution >= 4 is 0 Å². The number of hydrogen-bond donors (Lipinski definition) is 9. The average molecular weight is 785 g/mol. The van der Waals surface area contributed by atoms with Crippen molar-refractivity contribution in [3.05, 3.63) is 11.6 Å². The van der Waals surface area contributed by atoms with Gasteiger partial charge in [0.2, 0.25) is 0 Å². The first-order chi connectivity index (χ1) is 25.6. The highest BCUT2D eigenvalue weighted by molar-refractivity contribution is 5.20. The van der Waals surface area contributed by atoms with Gasteiger partial charge in [0.1, 0.15) is 48.8 Å². The Balaban J connectivity index is 1.23. The maximum atomic E-state index is 12.2. The first-order valence-corrected chi connectivity index (χ1v) is 20.9. The van der Waals surface area contributed by atoms with Crippen molar-refractivity contribution in [1.29, 1.82) is 0 Å². The van der Waals surface area contributed by atoms with Crippen molar-refractivity contribution < 1.29 is 64.9 Å². The molecule has 13 nitrogen and oxygen atoms in total. The molecule has 2 heterocycles. The molecule has 4 saturated carbocycles. The van der Waals surface area contributed by atoms with E-state index in [-0.39, 0.29) is 39.9 Å². The maximum absolute atomic E-state index is 12.2. The van der Waals surface area contributed by atoms with Crippen LogP contribution in [-0.2, 0) is 18.9 Å². The number of aliphatic hydroxyl groups is 9. The molecule has 2 saturated heterocycles. The third kappa shape index (κ3) is 7.20. The Morgan fingerprint density at radius 3 is 1.95 bits per heavy atom. The topological polar surface area (TPSA) is 219 Å². The van der Waals surface area contributed by atoms with E-state index in [2.05, 4.69) is 54.5 Å². The fraction of sp³-hybridized carbons (Fsp3) is 0.952. The minimum Gasteiger partial charge on any atom is -0.394 e. The van der Waals surface area contributed by atoms with Crippen LogP contribution in [0.5, 0.6) is 0 Å². The number of hydrogen-bond acceptors (Lipinski definition) is 13. The van der Waals surface area contributed by atoms with Gasteiger partial charge in [-0.15, -0.1) is 0 Å². The van der Waals surface area contributed by atoms with Crippen LogP contribution in [0.2, 0.25) is 0 Å². The molecule has 0 aromatic carbocycles. The van der Waals surface area contributed by atoms with Gasteiger partial charge in [0.15, 0.2) is 12.6 Å². The quantitative estimate of drug-likeness (QED) is 0.115. The summed E-state index contributed by atoms with van der Waals surface area (Å²) in [5.41, 5.74) is -0.405. The number of aliphatic hydroxyl groups excluding tert-OH is 8. The lowest BCUT2D eigenvalue weighted by molar-refractivity contribution is -0.378. The van der Waals surface area contributed by atoms with Crippen LogP contribution in [0.25, 0.3) is 0 Å². The van der Waals surface area contributed by atoms with Crippen LogP contribution in [0, 0.1) is 45.3 Å². The van der Waals surface area contributed by atoms with Gasteiger partial charge in [-0.25, -0.2) is 0 Å². The van der Waals surface area contributed by atoms with E-state index in [1.54, 1.807) is 0 Å². The van der Waals surface area contributed by atoms with E-state index in [4.69, 9.17) is 18.9 Å². The monoisotopic (exact) mass is 784 g/mol. The van der Waals surface area contributed by atoms with Gasteiger partial charge >= 0.3 is 0 Å². The highest BCUT2D eigenvalue weighted by atomic mass is 16.8. The van der Waals surface area contributed by atoms with E-state index in [9.17, 15) is 46.0 Å². The Bertz CT molecular complexity index is 1370. The van der Waals surface area contributed by atoms with E-state index >= 15 is 0 Å². The molecule has 0 unspecified atom stereocenters. The average Bonchev–Trinajstić information content (AvgIpc) is 3.50. The van der Waals surface area contributed by atoms with E-state index in [0.29, 0.717) is 19.3 Å². The van der Waals surface area contributed by atoms with Crippen molar-refractivity contribution in [3.8, 4) is 0 Å². The molecular formula is C42H72O13. The smallest absolute Gasteiger partial charge is 0.187 e. The summed E-state index contributed by atoms with van der Waals surface area (Å²) < 4.78 is 24.4. The molecular weight excluding hydrogens is 712 g/mol. The van der Waals surface area contributed by atoms with Crippen LogP contribution >= 0.6 is 0 Å². The summed E-state index contributed by atoms with van der Waals surface area (Å²) in [6.45, 7) is 16.5. The zero-order chi connectivity index (χ0) is 40.6. The van der Waals surface area contributed by atoms with Crippen LogP contribution in [0.4, 0.5) is 0 Å². The fourth-order valence-corrected chi connectivity index (χ4v) is 13.3. The third-order valence-electron chi connectivity index (χ3n) is 16.6. The lowest BCUT2D eigenvalue weighted by atomic mass is 9.35. The molecule has 318 valence electrons. The van der Waals surface area contributed by atoms with Gasteiger partial charge in [-0.3, -0.25) is 0 Å². The zero-order valence-corrected chi connectivity index (χ0v) is 34.3. The summed E-state index contributed by atoms with van der Waals surface area (Å²) in [5, 5.41) is 97.4. The SMILES string of the molecule is CC(C)=CCC[C@](C)(O)[C@H]1CC[C@]2(C)[C@@H]1[C@H](O)C[C@@H]1[C@@]3(C)CC[C@@H](O[C@@H]4O[C@H](CO)[C@@H](O)[C@H](O)[C@H]4O[C@@H]4O[C@H](CO)[C@@H](O)[C@H](O)[C@H]4O)C(C)(C)[C@@H]3CC[C@]12C. The van der Waals surface area contributed by atoms with Crippen LogP contribution in [0.3, 0.4) is 0 Å². The molecule has 0 radical (unpaired) electrons. The summed E-state index contributed by atoms with van der Waals surface area (Å²) in [5.74, 6) is 0.445. The van der Waals surface area contributed by atoms with Gasteiger partial charge in [-0.1, -0.05) is 46.3 Å². The zero-order valence-electron chi connectivity index (χ0n) is 34.3. The molecule has 13 heteroatoms.